The molecular weight excluding hydrogens is 514 g/mol. The van der Waals surface area contributed by atoms with Crippen LogP contribution in [0.5, 0.6) is 5.88 Å². The lowest BCUT2D eigenvalue weighted by atomic mass is 9.92. The second-order valence-electron chi connectivity index (χ2n) is 11.6. The number of hydrogen-bond donors (Lipinski definition) is 3. The maximum absolute atomic E-state index is 13.3. The number of nitrogens with one attached hydrogen (secondary N) is 3. The topological polar surface area (TPSA) is 139 Å². The van der Waals surface area contributed by atoms with E-state index in [0.717, 1.165) is 16.3 Å². The second-order valence-corrected chi connectivity index (χ2v) is 11.6. The van der Waals surface area contributed by atoms with Crippen LogP contribution in [-0.4, -0.2) is 65.0 Å². The Morgan fingerprint density at radius 3 is 2.52 bits per heavy atom. The van der Waals surface area contributed by atoms with Crippen LogP contribution in [-0.2, 0) is 23.9 Å². The molecule has 3 heterocycles. The Balaban J connectivity index is 1.66. The van der Waals surface area contributed by atoms with Gasteiger partial charge in [0, 0.05) is 24.2 Å². The molecule has 1 fully saturated rings. The van der Waals surface area contributed by atoms with E-state index in [1.807, 2.05) is 32.0 Å². The van der Waals surface area contributed by atoms with Crippen LogP contribution in [0.25, 0.3) is 10.8 Å². The van der Waals surface area contributed by atoms with Crippen LogP contribution >= 0.6 is 0 Å². The van der Waals surface area contributed by atoms with Crippen molar-refractivity contribution in [2.24, 2.45) is 11.3 Å². The largest absolute Gasteiger partial charge is 0.477 e. The van der Waals surface area contributed by atoms with Crippen molar-refractivity contribution in [1.29, 1.82) is 0 Å². The summed E-state index contributed by atoms with van der Waals surface area (Å²) in [4.78, 5) is 57.0. The van der Waals surface area contributed by atoms with Gasteiger partial charge in [-0.3, -0.25) is 24.2 Å². The number of benzene rings is 1. The number of rotatable bonds is 1. The molecular formula is C29H39N5O6. The smallest absolute Gasteiger partial charge is 0.325 e. The molecule has 0 saturated carbocycles. The number of fused-ring (bicyclic) bond motifs is 4. The average molecular weight is 554 g/mol. The van der Waals surface area contributed by atoms with Crippen molar-refractivity contribution in [2.75, 3.05) is 13.2 Å². The molecule has 1 aromatic carbocycles. The van der Waals surface area contributed by atoms with Gasteiger partial charge < -0.3 is 20.1 Å². The zero-order valence-corrected chi connectivity index (χ0v) is 23.9. The molecule has 3 N–H and O–H groups in total. The molecule has 3 amide bonds. The molecule has 11 nitrogen and oxygen atoms in total. The van der Waals surface area contributed by atoms with Gasteiger partial charge in [-0.25, -0.2) is 10.4 Å². The Kier molecular flexibility index (Phi) is 8.62. The molecule has 2 aromatic rings. The highest BCUT2D eigenvalue weighted by Gasteiger charge is 2.36. The Bertz CT molecular complexity index is 1290. The average Bonchev–Trinajstić information content (AvgIpc) is 2.92. The summed E-state index contributed by atoms with van der Waals surface area (Å²) in [7, 11) is 0. The van der Waals surface area contributed by atoms with Crippen molar-refractivity contribution in [3.05, 3.63) is 36.0 Å². The summed E-state index contributed by atoms with van der Waals surface area (Å²) in [5, 5.41) is 8.65. The van der Waals surface area contributed by atoms with E-state index >= 15 is 0 Å². The Morgan fingerprint density at radius 1 is 1.05 bits per heavy atom. The number of cyclic esters (lactones) is 1. The molecule has 4 rings (SSSR count). The summed E-state index contributed by atoms with van der Waals surface area (Å²) < 4.78 is 11.7. The van der Waals surface area contributed by atoms with Gasteiger partial charge in [0.25, 0.3) is 5.91 Å². The van der Waals surface area contributed by atoms with Gasteiger partial charge in [-0.2, -0.15) is 0 Å². The fraction of sp³-hybridized carbons (Fsp3) is 0.552. The van der Waals surface area contributed by atoms with E-state index in [-0.39, 0.29) is 24.3 Å². The molecule has 2 aliphatic heterocycles. The zero-order chi connectivity index (χ0) is 29.2. The van der Waals surface area contributed by atoms with Crippen molar-refractivity contribution in [3.8, 4) is 5.88 Å². The molecule has 5 bridgehead atoms. The number of carbonyl (C=O) groups is 4. The van der Waals surface area contributed by atoms with Gasteiger partial charge in [0.15, 0.2) is 0 Å². The molecule has 0 radical (unpaired) electrons. The number of amides is 3. The van der Waals surface area contributed by atoms with Gasteiger partial charge in [0.2, 0.25) is 17.7 Å². The van der Waals surface area contributed by atoms with Gasteiger partial charge in [-0.1, -0.05) is 26.0 Å². The standard InChI is InChI=1S/C29H39N5O6/c1-16(2)24-25(35)31-17(3)26(36)34-11-7-8-22(33-34)27(37)40-18(4)19-9-10-20-14-30-23(13-21(20)12-19)39-15-29(5,6)28(38)32-24/h9-10,12-14,16-18,22,24,33H,7-8,11,15H2,1-6H3,(H,31,35)(H,32,38)/t17-,18+,22+,24-/m0/s1. The number of carbonyl (C=O) groups excluding carboxylic acids is 4. The monoisotopic (exact) mass is 553 g/mol. The zero-order valence-electron chi connectivity index (χ0n) is 23.9. The summed E-state index contributed by atoms with van der Waals surface area (Å²) in [5.41, 5.74) is 2.79. The summed E-state index contributed by atoms with van der Waals surface area (Å²) in [5.74, 6) is -1.58. The fourth-order valence-corrected chi connectivity index (χ4v) is 4.70. The van der Waals surface area contributed by atoms with Crippen LogP contribution in [0.15, 0.2) is 30.5 Å². The van der Waals surface area contributed by atoms with Crippen molar-refractivity contribution in [1.82, 2.24) is 26.1 Å². The van der Waals surface area contributed by atoms with E-state index in [4.69, 9.17) is 9.47 Å². The third kappa shape index (κ3) is 6.52. The second kappa shape index (κ2) is 11.8. The van der Waals surface area contributed by atoms with Crippen LogP contribution in [0.4, 0.5) is 0 Å². The molecule has 1 saturated heterocycles. The van der Waals surface area contributed by atoms with Crippen LogP contribution in [0.1, 0.15) is 66.1 Å². The lowest BCUT2D eigenvalue weighted by molar-refractivity contribution is -0.157. The molecule has 1 aromatic heterocycles. The van der Waals surface area contributed by atoms with Crippen LogP contribution < -0.4 is 20.8 Å². The quantitative estimate of drug-likeness (QED) is 0.458. The predicted octanol–water partition coefficient (Wildman–Crippen LogP) is 2.40. The van der Waals surface area contributed by atoms with Gasteiger partial charge >= 0.3 is 5.97 Å². The van der Waals surface area contributed by atoms with Crippen molar-refractivity contribution in [3.63, 3.8) is 0 Å². The molecule has 216 valence electrons. The Labute approximate surface area is 234 Å². The number of hydrogen-bond acceptors (Lipinski definition) is 8. The predicted molar refractivity (Wildman–Crippen MR) is 148 cm³/mol. The van der Waals surface area contributed by atoms with Crippen molar-refractivity contribution >= 4 is 34.5 Å². The third-order valence-corrected chi connectivity index (χ3v) is 7.38. The van der Waals surface area contributed by atoms with Crippen LogP contribution in [0.2, 0.25) is 0 Å². The van der Waals surface area contributed by atoms with Gasteiger partial charge in [0.1, 0.15) is 30.8 Å². The normalized spacial score (nSPS) is 26.6. The van der Waals surface area contributed by atoms with E-state index in [1.54, 1.807) is 40.0 Å². The first kappa shape index (κ1) is 29.3. The number of ether oxygens (including phenoxy) is 2. The summed E-state index contributed by atoms with van der Waals surface area (Å²) in [6.45, 7) is 10.9. The van der Waals surface area contributed by atoms with Gasteiger partial charge in [-0.15, -0.1) is 0 Å². The molecule has 2 aliphatic rings. The lowest BCUT2D eigenvalue weighted by Crippen LogP contribution is -2.61. The van der Waals surface area contributed by atoms with E-state index in [1.165, 1.54) is 5.01 Å². The van der Waals surface area contributed by atoms with Crippen molar-refractivity contribution in [2.45, 2.75) is 78.6 Å². The van der Waals surface area contributed by atoms with E-state index in [2.05, 4.69) is 21.0 Å². The van der Waals surface area contributed by atoms with Crippen molar-refractivity contribution < 1.29 is 28.7 Å². The minimum Gasteiger partial charge on any atom is -0.477 e. The Hall–Kier alpha value is -3.73. The highest BCUT2D eigenvalue weighted by Crippen LogP contribution is 2.27. The number of hydrazine groups is 1. The van der Waals surface area contributed by atoms with E-state index in [0.29, 0.717) is 25.3 Å². The minimum absolute atomic E-state index is 0.0222. The first-order chi connectivity index (χ1) is 18.9. The van der Waals surface area contributed by atoms with Gasteiger partial charge in [-0.05, 0) is 63.5 Å². The van der Waals surface area contributed by atoms with E-state index < -0.39 is 41.5 Å². The van der Waals surface area contributed by atoms with E-state index in [9.17, 15) is 19.2 Å². The molecule has 11 heteroatoms. The highest BCUT2D eigenvalue weighted by molar-refractivity contribution is 5.93. The number of aromatic nitrogens is 1. The fourth-order valence-electron chi connectivity index (χ4n) is 4.70. The molecule has 0 unspecified atom stereocenters. The first-order valence-corrected chi connectivity index (χ1v) is 13.8. The molecule has 40 heavy (non-hydrogen) atoms. The molecule has 4 atom stereocenters. The maximum Gasteiger partial charge on any atom is 0.325 e. The first-order valence-electron chi connectivity index (χ1n) is 13.8. The lowest BCUT2D eigenvalue weighted by Gasteiger charge is -2.35. The Morgan fingerprint density at radius 2 is 1.80 bits per heavy atom. The summed E-state index contributed by atoms with van der Waals surface area (Å²) >= 11 is 0. The minimum atomic E-state index is -0.985. The molecule has 0 aliphatic carbocycles. The summed E-state index contributed by atoms with van der Waals surface area (Å²) in [6, 6.07) is 5.01. The van der Waals surface area contributed by atoms with Gasteiger partial charge in [0.05, 0.1) is 5.41 Å². The number of nitrogens with zero attached hydrogens (tertiary/aromatic N) is 2. The summed E-state index contributed by atoms with van der Waals surface area (Å²) in [6.07, 6.45) is 2.26. The van der Waals surface area contributed by atoms with Crippen LogP contribution in [0, 0.1) is 11.3 Å². The maximum atomic E-state index is 13.3. The molecule has 0 spiro atoms. The number of esters is 1. The highest BCUT2D eigenvalue weighted by atomic mass is 16.5. The SMILES string of the molecule is CC(C)[C@@H]1NC(=O)C(C)(C)COc2cc3cc(ccc3cn2)[C@@H](C)OC(=O)[C@H]2CCCN(N2)C(=O)[C@H](C)NC1=O. The number of pyridine rings is 1. The van der Waals surface area contributed by atoms with Crippen LogP contribution in [0.3, 0.4) is 0 Å². The third-order valence-electron chi connectivity index (χ3n) is 7.38.